The van der Waals surface area contributed by atoms with E-state index in [4.69, 9.17) is 9.47 Å². The first-order valence-electron chi connectivity index (χ1n) is 14.4. The molecule has 6 rings (SSSR count). The van der Waals surface area contributed by atoms with Gasteiger partial charge in [-0.25, -0.2) is 0 Å². The molecule has 10 heteroatoms. The molecule has 1 aromatic heterocycles. The third kappa shape index (κ3) is 5.85. The molecule has 4 aromatic carbocycles. The Morgan fingerprint density at radius 2 is 1.61 bits per heavy atom. The van der Waals surface area contributed by atoms with Crippen LogP contribution < -0.4 is 9.47 Å². The standard InChI is InChI=1S/C34H33N5O4S/c1-23-21-37(18-19-38(23)33(41)30-13-7-9-24-8-4-5-12-29(24)30)31(40)22-44-34-36-35-32(25-10-6-11-28(20-25)43-3)39(34)26-14-16-27(42-2)17-15-26/h4-17,20,23H,18-19,21-22H2,1-3H3. The minimum absolute atomic E-state index is 0.00607. The van der Waals surface area contributed by atoms with Gasteiger partial charge in [0.05, 0.1) is 20.0 Å². The Kier molecular flexibility index (Phi) is 8.51. The molecule has 1 unspecified atom stereocenters. The normalized spacial score (nSPS) is 14.9. The van der Waals surface area contributed by atoms with Crippen molar-refractivity contribution in [2.45, 2.75) is 18.1 Å². The average molecular weight is 608 g/mol. The van der Waals surface area contributed by atoms with Gasteiger partial charge in [0, 0.05) is 42.5 Å². The number of ether oxygens (including phenoxy) is 2. The van der Waals surface area contributed by atoms with Crippen molar-refractivity contribution >= 4 is 34.3 Å². The molecule has 0 aliphatic carbocycles. The molecule has 1 atom stereocenters. The molecule has 0 radical (unpaired) electrons. The first-order chi connectivity index (χ1) is 21.5. The molecule has 1 aliphatic rings. The molecule has 0 saturated carbocycles. The van der Waals surface area contributed by atoms with Crippen LogP contribution in [0.5, 0.6) is 11.5 Å². The largest absolute Gasteiger partial charge is 0.497 e. The van der Waals surface area contributed by atoms with Crippen molar-refractivity contribution in [3.8, 4) is 28.6 Å². The highest BCUT2D eigenvalue weighted by Crippen LogP contribution is 2.31. The van der Waals surface area contributed by atoms with E-state index in [1.807, 2.05) is 112 Å². The summed E-state index contributed by atoms with van der Waals surface area (Å²) in [4.78, 5) is 30.7. The van der Waals surface area contributed by atoms with Crippen LogP contribution in [0.3, 0.4) is 0 Å². The predicted molar refractivity (Wildman–Crippen MR) is 172 cm³/mol. The third-order valence-electron chi connectivity index (χ3n) is 7.88. The highest BCUT2D eigenvalue weighted by atomic mass is 32.2. The van der Waals surface area contributed by atoms with Gasteiger partial charge < -0.3 is 19.3 Å². The van der Waals surface area contributed by atoms with Crippen LogP contribution in [0.15, 0.2) is 96.2 Å². The van der Waals surface area contributed by atoms with Crippen LogP contribution >= 0.6 is 11.8 Å². The summed E-state index contributed by atoms with van der Waals surface area (Å²) in [6.45, 7) is 3.41. The van der Waals surface area contributed by atoms with E-state index in [0.29, 0.717) is 41.9 Å². The summed E-state index contributed by atoms with van der Waals surface area (Å²) in [6, 6.07) is 28.9. The van der Waals surface area contributed by atoms with Crippen LogP contribution in [0.4, 0.5) is 0 Å². The van der Waals surface area contributed by atoms with E-state index in [1.54, 1.807) is 14.2 Å². The summed E-state index contributed by atoms with van der Waals surface area (Å²) >= 11 is 1.34. The monoisotopic (exact) mass is 607 g/mol. The second-order valence-electron chi connectivity index (χ2n) is 10.6. The highest BCUT2D eigenvalue weighted by Gasteiger charge is 2.31. The van der Waals surface area contributed by atoms with Gasteiger partial charge in [-0.1, -0.05) is 60.3 Å². The Balaban J connectivity index is 1.17. The zero-order chi connectivity index (χ0) is 30.6. The maximum Gasteiger partial charge on any atom is 0.254 e. The molecule has 1 saturated heterocycles. The number of carbonyl (C=O) groups excluding carboxylic acids is 2. The van der Waals surface area contributed by atoms with Crippen LogP contribution in [-0.4, -0.2) is 82.0 Å². The number of methoxy groups -OCH3 is 2. The predicted octanol–water partition coefficient (Wildman–Crippen LogP) is 5.57. The number of hydrogen-bond donors (Lipinski definition) is 0. The Labute approximate surface area is 260 Å². The van der Waals surface area contributed by atoms with E-state index >= 15 is 0 Å². The molecule has 1 aliphatic heterocycles. The fourth-order valence-corrected chi connectivity index (χ4v) is 6.40. The molecule has 2 amide bonds. The van der Waals surface area contributed by atoms with Gasteiger partial charge in [0.2, 0.25) is 5.91 Å². The summed E-state index contributed by atoms with van der Waals surface area (Å²) in [6.07, 6.45) is 0. The Bertz CT molecular complexity index is 1800. The van der Waals surface area contributed by atoms with Crippen LogP contribution in [0.2, 0.25) is 0 Å². The average Bonchev–Trinajstić information content (AvgIpc) is 3.50. The van der Waals surface area contributed by atoms with Crippen molar-refractivity contribution in [3.05, 3.63) is 96.6 Å². The lowest BCUT2D eigenvalue weighted by atomic mass is 10.0. The lowest BCUT2D eigenvalue weighted by Gasteiger charge is -2.40. The minimum atomic E-state index is -0.119. The summed E-state index contributed by atoms with van der Waals surface area (Å²) in [5.74, 6) is 2.26. The van der Waals surface area contributed by atoms with Gasteiger partial charge >= 0.3 is 0 Å². The number of thioether (sulfide) groups is 1. The topological polar surface area (TPSA) is 89.8 Å². The van der Waals surface area contributed by atoms with Crippen molar-refractivity contribution < 1.29 is 19.1 Å². The number of carbonyl (C=O) groups is 2. The van der Waals surface area contributed by atoms with Gasteiger partial charge in [0.25, 0.3) is 5.91 Å². The smallest absolute Gasteiger partial charge is 0.254 e. The number of hydrogen-bond acceptors (Lipinski definition) is 7. The van der Waals surface area contributed by atoms with E-state index in [9.17, 15) is 9.59 Å². The summed E-state index contributed by atoms with van der Waals surface area (Å²) < 4.78 is 12.7. The lowest BCUT2D eigenvalue weighted by molar-refractivity contribution is -0.130. The number of benzene rings is 4. The number of aromatic nitrogens is 3. The Morgan fingerprint density at radius 3 is 2.39 bits per heavy atom. The molecular formula is C34H33N5O4S. The van der Waals surface area contributed by atoms with Gasteiger partial charge in [0.1, 0.15) is 11.5 Å². The van der Waals surface area contributed by atoms with Crippen LogP contribution in [-0.2, 0) is 4.79 Å². The van der Waals surface area contributed by atoms with Crippen molar-refractivity contribution in [3.63, 3.8) is 0 Å². The van der Waals surface area contributed by atoms with E-state index in [0.717, 1.165) is 27.8 Å². The zero-order valence-electron chi connectivity index (χ0n) is 24.8. The number of amides is 2. The highest BCUT2D eigenvalue weighted by molar-refractivity contribution is 7.99. The molecule has 0 bridgehead atoms. The third-order valence-corrected chi connectivity index (χ3v) is 8.79. The van der Waals surface area contributed by atoms with Crippen LogP contribution in [0, 0.1) is 0 Å². The van der Waals surface area contributed by atoms with Gasteiger partial charge in [-0.2, -0.15) is 0 Å². The molecule has 44 heavy (non-hydrogen) atoms. The Hall–Kier alpha value is -4.83. The summed E-state index contributed by atoms with van der Waals surface area (Å²) in [5.41, 5.74) is 2.37. The van der Waals surface area contributed by atoms with Gasteiger partial charge in [-0.15, -0.1) is 10.2 Å². The second kappa shape index (κ2) is 12.8. The van der Waals surface area contributed by atoms with E-state index in [1.165, 1.54) is 11.8 Å². The van der Waals surface area contributed by atoms with Crippen molar-refractivity contribution in [1.29, 1.82) is 0 Å². The van der Waals surface area contributed by atoms with Crippen molar-refractivity contribution in [2.24, 2.45) is 0 Å². The van der Waals surface area contributed by atoms with Crippen molar-refractivity contribution in [2.75, 3.05) is 39.6 Å². The fraction of sp³-hybridized carbons (Fsp3) is 0.235. The first-order valence-corrected chi connectivity index (χ1v) is 15.4. The SMILES string of the molecule is COc1ccc(-n2c(SCC(=O)N3CCN(C(=O)c4cccc5ccccc45)C(C)C3)nnc2-c2cccc(OC)c2)cc1. The lowest BCUT2D eigenvalue weighted by Crippen LogP contribution is -2.55. The number of piperazine rings is 1. The quantitative estimate of drug-likeness (QED) is 0.213. The van der Waals surface area contributed by atoms with Gasteiger partial charge in [0.15, 0.2) is 11.0 Å². The van der Waals surface area contributed by atoms with E-state index in [2.05, 4.69) is 10.2 Å². The summed E-state index contributed by atoms with van der Waals surface area (Å²) in [7, 11) is 3.25. The molecule has 0 spiro atoms. The molecule has 2 heterocycles. The molecule has 9 nitrogen and oxygen atoms in total. The molecule has 5 aromatic rings. The maximum atomic E-state index is 13.6. The molecule has 224 valence electrons. The van der Waals surface area contributed by atoms with E-state index in [-0.39, 0.29) is 23.6 Å². The summed E-state index contributed by atoms with van der Waals surface area (Å²) in [5, 5.41) is 11.5. The first kappa shape index (κ1) is 29.3. The number of fused-ring (bicyclic) bond motifs is 1. The molecular weight excluding hydrogens is 574 g/mol. The fourth-order valence-electron chi connectivity index (χ4n) is 5.55. The number of nitrogens with zero attached hydrogens (tertiary/aromatic N) is 5. The Morgan fingerprint density at radius 1 is 0.864 bits per heavy atom. The van der Waals surface area contributed by atoms with Gasteiger partial charge in [-0.05, 0) is 60.2 Å². The molecule has 0 N–H and O–H groups in total. The maximum absolute atomic E-state index is 13.6. The van der Waals surface area contributed by atoms with Crippen LogP contribution in [0.1, 0.15) is 17.3 Å². The van der Waals surface area contributed by atoms with Crippen LogP contribution in [0.25, 0.3) is 27.8 Å². The second-order valence-corrected chi connectivity index (χ2v) is 11.5. The zero-order valence-corrected chi connectivity index (χ0v) is 25.7. The van der Waals surface area contributed by atoms with Gasteiger partial charge in [-0.3, -0.25) is 14.2 Å². The van der Waals surface area contributed by atoms with Crippen molar-refractivity contribution in [1.82, 2.24) is 24.6 Å². The number of rotatable bonds is 8. The molecule has 1 fully saturated rings. The minimum Gasteiger partial charge on any atom is -0.497 e. The van der Waals surface area contributed by atoms with E-state index < -0.39 is 0 Å².